The monoisotopic (exact) mass is 240 g/mol. The summed E-state index contributed by atoms with van der Waals surface area (Å²) >= 11 is 1.48. The first kappa shape index (κ1) is 15.4. The topological polar surface area (TPSA) is 0 Å². The van der Waals surface area contributed by atoms with E-state index in [0.717, 1.165) is 11.8 Å². The molecular weight excluding hydrogens is 221 g/mol. The Hall–Kier alpha value is 0.913. The van der Waals surface area contributed by atoms with Crippen LogP contribution in [0.4, 0.5) is 0 Å². The second-order valence-electron chi connectivity index (χ2n) is 4.07. The van der Waals surface area contributed by atoms with Gasteiger partial charge in [0.2, 0.25) is 0 Å². The molecule has 0 heterocycles. The molecule has 0 aromatic carbocycles. The molecule has 0 amide bonds. The summed E-state index contributed by atoms with van der Waals surface area (Å²) in [7, 11) is 0. The molecule has 0 N–H and O–H groups in total. The van der Waals surface area contributed by atoms with E-state index in [4.69, 9.17) is 0 Å². The fourth-order valence-corrected chi connectivity index (χ4v) is 2.83. The van der Waals surface area contributed by atoms with Gasteiger partial charge in [0.05, 0.1) is 0 Å². The fourth-order valence-electron chi connectivity index (χ4n) is 1.37. The van der Waals surface area contributed by atoms with Gasteiger partial charge in [-0.3, -0.25) is 0 Å². The van der Waals surface area contributed by atoms with Crippen LogP contribution in [0.3, 0.4) is 0 Å². The van der Waals surface area contributed by atoms with Gasteiger partial charge in [-0.05, 0) is 0 Å². The van der Waals surface area contributed by atoms with Crippen molar-refractivity contribution in [3.63, 3.8) is 0 Å². The van der Waals surface area contributed by atoms with Crippen molar-refractivity contribution in [1.82, 2.24) is 0 Å². The summed E-state index contributed by atoms with van der Waals surface area (Å²) in [5.74, 6) is 1.89. The maximum Gasteiger partial charge on any atom is -1.00 e. The molecule has 1 atom stereocenters. The summed E-state index contributed by atoms with van der Waals surface area (Å²) in [4.78, 5) is 0. The Kier molecular flexibility index (Phi) is 12.8. The van der Waals surface area contributed by atoms with Crippen molar-refractivity contribution < 1.29 is 30.7 Å². The van der Waals surface area contributed by atoms with Crippen molar-refractivity contribution in [3.8, 4) is 0 Å². The fraction of sp³-hybridized carbons (Fsp3) is 1.00. The van der Waals surface area contributed by atoms with Crippen LogP contribution < -0.4 is 12.4 Å². The van der Waals surface area contributed by atoms with Crippen LogP contribution in [-0.2, 0) is 18.3 Å². The zero-order valence-corrected chi connectivity index (χ0v) is 12.5. The molecule has 70 valence electrons. The van der Waals surface area contributed by atoms with Gasteiger partial charge >= 0.3 is 81.6 Å². The van der Waals surface area contributed by atoms with Gasteiger partial charge in [-0.1, -0.05) is 0 Å². The molecular formula is C10H21ClZn. The third kappa shape index (κ3) is 10.9. The number of hydrogen-bond acceptors (Lipinski definition) is 0. The molecule has 0 rings (SSSR count). The van der Waals surface area contributed by atoms with E-state index in [9.17, 15) is 0 Å². The summed E-state index contributed by atoms with van der Waals surface area (Å²) < 4.78 is 0. The molecule has 0 saturated carbocycles. The molecule has 2 heteroatoms. The van der Waals surface area contributed by atoms with E-state index in [1.165, 1.54) is 49.0 Å². The van der Waals surface area contributed by atoms with E-state index in [-0.39, 0.29) is 12.4 Å². The Morgan fingerprint density at radius 2 is 1.58 bits per heavy atom. The average molecular weight is 242 g/mol. The van der Waals surface area contributed by atoms with Crippen LogP contribution in [0.1, 0.15) is 46.5 Å². The predicted molar refractivity (Wildman–Crippen MR) is 47.3 cm³/mol. The van der Waals surface area contributed by atoms with Crippen LogP contribution in [0, 0.1) is 11.8 Å². The minimum atomic E-state index is 0. The summed E-state index contributed by atoms with van der Waals surface area (Å²) in [6, 6.07) is 0. The Balaban J connectivity index is 0. The van der Waals surface area contributed by atoms with Gasteiger partial charge < -0.3 is 12.4 Å². The zero-order valence-electron chi connectivity index (χ0n) is 8.78. The normalized spacial score (nSPS) is 12.8. The molecule has 12 heavy (non-hydrogen) atoms. The molecule has 0 aliphatic carbocycles. The minimum absolute atomic E-state index is 0. The summed E-state index contributed by atoms with van der Waals surface area (Å²) in [6.45, 7) is 7.03. The van der Waals surface area contributed by atoms with E-state index < -0.39 is 0 Å². The first-order valence-corrected chi connectivity index (χ1v) is 7.05. The largest absolute Gasteiger partial charge is 1.00 e. The maximum atomic E-state index is 2.40. The molecule has 0 aromatic rings. The predicted octanol–water partition coefficient (Wildman–Crippen LogP) is 0.808. The molecule has 0 fully saturated rings. The second kappa shape index (κ2) is 10.00. The van der Waals surface area contributed by atoms with Crippen LogP contribution in [0.5, 0.6) is 0 Å². The van der Waals surface area contributed by atoms with Gasteiger partial charge in [0, 0.05) is 0 Å². The molecule has 0 bridgehead atoms. The Labute approximate surface area is 94.0 Å². The third-order valence-corrected chi connectivity index (χ3v) is 3.03. The van der Waals surface area contributed by atoms with E-state index >= 15 is 0 Å². The van der Waals surface area contributed by atoms with Gasteiger partial charge in [-0.25, -0.2) is 0 Å². The third-order valence-electron chi connectivity index (χ3n) is 2.18. The quantitative estimate of drug-likeness (QED) is 0.604. The number of hydrogen-bond donors (Lipinski definition) is 0. The minimum Gasteiger partial charge on any atom is -1.00 e. The standard InChI is InChI=1S/C10H21.ClH.Zn/c1-5-10(4)8-6-7-9(2)3;;/h9-10H,1,5-8H2,2-4H3;1H;/q;;+1/p-1. The first-order chi connectivity index (χ1) is 5.16. The molecule has 0 aliphatic rings. The Morgan fingerprint density at radius 3 is 2.00 bits per heavy atom. The van der Waals surface area contributed by atoms with E-state index in [1.54, 1.807) is 0 Å². The Morgan fingerprint density at radius 1 is 1.00 bits per heavy atom. The van der Waals surface area contributed by atoms with Crippen molar-refractivity contribution in [2.75, 3.05) is 0 Å². The van der Waals surface area contributed by atoms with Crippen molar-refractivity contribution in [2.24, 2.45) is 11.8 Å². The summed E-state index contributed by atoms with van der Waals surface area (Å²) in [6.07, 6.45) is 5.79. The molecule has 0 saturated heterocycles. The van der Waals surface area contributed by atoms with Gasteiger partial charge in [-0.2, -0.15) is 0 Å². The van der Waals surface area contributed by atoms with E-state index in [1.807, 2.05) is 0 Å². The molecule has 0 aliphatic heterocycles. The molecule has 1 unspecified atom stereocenters. The van der Waals surface area contributed by atoms with Gasteiger partial charge in [0.1, 0.15) is 0 Å². The molecule has 0 radical (unpaired) electrons. The average Bonchev–Trinajstić information content (AvgIpc) is 1.87. The van der Waals surface area contributed by atoms with E-state index in [0.29, 0.717) is 0 Å². The second-order valence-corrected chi connectivity index (χ2v) is 5.56. The number of rotatable bonds is 6. The van der Waals surface area contributed by atoms with Crippen molar-refractivity contribution in [2.45, 2.75) is 51.5 Å². The van der Waals surface area contributed by atoms with Crippen molar-refractivity contribution in [1.29, 1.82) is 0 Å². The summed E-state index contributed by atoms with van der Waals surface area (Å²) in [5, 5.41) is 1.48. The van der Waals surface area contributed by atoms with Gasteiger partial charge in [-0.15, -0.1) is 0 Å². The van der Waals surface area contributed by atoms with Crippen LogP contribution >= 0.6 is 0 Å². The van der Waals surface area contributed by atoms with Crippen LogP contribution in [0.2, 0.25) is 5.02 Å². The van der Waals surface area contributed by atoms with Crippen molar-refractivity contribution >= 4 is 0 Å². The maximum absolute atomic E-state index is 2.40. The molecule has 0 spiro atoms. The first-order valence-electron chi connectivity index (χ1n) is 4.96. The van der Waals surface area contributed by atoms with Crippen LogP contribution in [0.15, 0.2) is 0 Å². The van der Waals surface area contributed by atoms with Crippen LogP contribution in [0.25, 0.3) is 0 Å². The summed E-state index contributed by atoms with van der Waals surface area (Å²) in [5.41, 5.74) is 0. The Bertz CT molecular complexity index is 83.9. The van der Waals surface area contributed by atoms with Gasteiger partial charge in [0.25, 0.3) is 0 Å². The number of halogens is 1. The zero-order chi connectivity index (χ0) is 8.69. The molecule has 0 aromatic heterocycles. The van der Waals surface area contributed by atoms with Crippen LogP contribution in [-0.4, -0.2) is 0 Å². The molecule has 0 nitrogen and oxygen atoms in total. The SMILES string of the molecule is CC(C)CCCC(C)C[CH2][Zn+].[Cl-]. The smallest absolute Gasteiger partial charge is 1.00 e. The van der Waals surface area contributed by atoms with E-state index in [2.05, 4.69) is 20.8 Å². The van der Waals surface area contributed by atoms with Crippen molar-refractivity contribution in [3.05, 3.63) is 0 Å². The van der Waals surface area contributed by atoms with Gasteiger partial charge in [0.15, 0.2) is 0 Å².